The maximum absolute atomic E-state index is 12.1. The van der Waals surface area contributed by atoms with E-state index in [1.165, 1.54) is 16.7 Å². The van der Waals surface area contributed by atoms with Gasteiger partial charge in [0.2, 0.25) is 5.91 Å². The fraction of sp³-hybridized carbons (Fsp3) is 0.211. The Morgan fingerprint density at radius 1 is 1.00 bits per heavy atom. The highest BCUT2D eigenvalue weighted by molar-refractivity contribution is 8.00. The molecule has 25 heavy (non-hydrogen) atoms. The third-order valence-electron chi connectivity index (χ3n) is 3.46. The van der Waals surface area contributed by atoms with Gasteiger partial charge in [-0.2, -0.15) is 0 Å². The minimum absolute atomic E-state index is 0.0269. The molecule has 4 nitrogen and oxygen atoms in total. The first-order valence-corrected chi connectivity index (χ1v) is 10.0. The van der Waals surface area contributed by atoms with Crippen molar-refractivity contribution < 1.29 is 4.79 Å². The summed E-state index contributed by atoms with van der Waals surface area (Å²) >= 11 is 3.20. The normalized spacial score (nSPS) is 10.8. The van der Waals surface area contributed by atoms with E-state index >= 15 is 0 Å². The Balaban J connectivity index is 1.48. The van der Waals surface area contributed by atoms with Crippen molar-refractivity contribution in [2.75, 3.05) is 18.1 Å². The van der Waals surface area contributed by atoms with Crippen LogP contribution in [0.5, 0.6) is 0 Å². The van der Waals surface area contributed by atoms with E-state index in [-0.39, 0.29) is 5.91 Å². The van der Waals surface area contributed by atoms with Crippen LogP contribution in [0.3, 0.4) is 0 Å². The van der Waals surface area contributed by atoms with Gasteiger partial charge in [0, 0.05) is 22.6 Å². The number of aromatic nitrogens is 2. The summed E-state index contributed by atoms with van der Waals surface area (Å²) in [5.41, 5.74) is 0.914. The SMILES string of the molecule is Cc1nc(SCC(=O)NCCSc2ccccc2)c2ccccc2n1. The fourth-order valence-corrected chi connectivity index (χ4v) is 4.01. The van der Waals surface area contributed by atoms with E-state index in [1.807, 2.05) is 49.4 Å². The van der Waals surface area contributed by atoms with Gasteiger partial charge in [-0.1, -0.05) is 48.2 Å². The summed E-state index contributed by atoms with van der Waals surface area (Å²) in [6.45, 7) is 2.53. The van der Waals surface area contributed by atoms with Crippen LogP contribution in [0.15, 0.2) is 64.5 Å². The lowest BCUT2D eigenvalue weighted by Crippen LogP contribution is -2.27. The number of fused-ring (bicyclic) bond motifs is 1. The van der Waals surface area contributed by atoms with Crippen LogP contribution in [0.4, 0.5) is 0 Å². The highest BCUT2D eigenvalue weighted by atomic mass is 32.2. The number of para-hydroxylation sites is 1. The molecule has 0 aliphatic carbocycles. The average Bonchev–Trinajstić information content (AvgIpc) is 2.64. The molecular weight excluding hydrogens is 350 g/mol. The molecule has 0 fully saturated rings. The number of carbonyl (C=O) groups is 1. The number of aryl methyl sites for hydroxylation is 1. The first-order chi connectivity index (χ1) is 12.2. The zero-order valence-corrected chi connectivity index (χ0v) is 15.6. The van der Waals surface area contributed by atoms with Crippen LogP contribution in [0.1, 0.15) is 5.82 Å². The Labute approximate surface area is 155 Å². The minimum atomic E-state index is 0.0269. The fourth-order valence-electron chi connectivity index (χ4n) is 2.33. The van der Waals surface area contributed by atoms with E-state index in [0.29, 0.717) is 12.3 Å². The molecule has 0 spiro atoms. The third kappa shape index (κ3) is 5.21. The number of hydrogen-bond donors (Lipinski definition) is 1. The van der Waals surface area contributed by atoms with E-state index in [0.717, 1.165) is 27.5 Å². The van der Waals surface area contributed by atoms with Crippen molar-refractivity contribution in [1.29, 1.82) is 0 Å². The van der Waals surface area contributed by atoms with Gasteiger partial charge in [0.15, 0.2) is 0 Å². The standard InChI is InChI=1S/C19H19N3OS2/c1-14-21-17-10-6-5-9-16(17)19(22-14)25-13-18(23)20-11-12-24-15-7-3-2-4-8-15/h2-10H,11-13H2,1H3,(H,20,23). The second-order valence-electron chi connectivity index (χ2n) is 5.39. The van der Waals surface area contributed by atoms with Gasteiger partial charge in [0.05, 0.1) is 11.3 Å². The molecule has 0 saturated carbocycles. The number of amides is 1. The van der Waals surface area contributed by atoms with Crippen LogP contribution >= 0.6 is 23.5 Å². The van der Waals surface area contributed by atoms with Crippen LogP contribution in [0, 0.1) is 6.92 Å². The molecule has 3 rings (SSSR count). The lowest BCUT2D eigenvalue weighted by molar-refractivity contribution is -0.118. The molecule has 0 radical (unpaired) electrons. The molecule has 1 amide bonds. The number of carbonyl (C=O) groups excluding carboxylic acids is 1. The Bertz CT molecular complexity index is 856. The third-order valence-corrected chi connectivity index (χ3v) is 5.46. The van der Waals surface area contributed by atoms with Gasteiger partial charge in [-0.15, -0.1) is 11.8 Å². The summed E-state index contributed by atoms with van der Waals surface area (Å²) in [5, 5.41) is 4.81. The van der Waals surface area contributed by atoms with Crippen LogP contribution < -0.4 is 5.32 Å². The zero-order valence-electron chi connectivity index (χ0n) is 13.9. The molecule has 0 atom stereocenters. The van der Waals surface area contributed by atoms with Crippen molar-refractivity contribution in [1.82, 2.24) is 15.3 Å². The van der Waals surface area contributed by atoms with Crippen LogP contribution in [0.25, 0.3) is 10.9 Å². The molecule has 1 aromatic heterocycles. The second kappa shape index (κ2) is 8.87. The predicted molar refractivity (Wildman–Crippen MR) is 105 cm³/mol. The van der Waals surface area contributed by atoms with Crippen molar-refractivity contribution in [2.24, 2.45) is 0 Å². The van der Waals surface area contributed by atoms with Crippen molar-refractivity contribution in [3.8, 4) is 0 Å². The van der Waals surface area contributed by atoms with E-state index in [1.54, 1.807) is 11.8 Å². The van der Waals surface area contributed by atoms with Gasteiger partial charge < -0.3 is 5.32 Å². The number of rotatable bonds is 7. The molecular formula is C19H19N3OS2. The number of benzene rings is 2. The second-order valence-corrected chi connectivity index (χ2v) is 7.53. The van der Waals surface area contributed by atoms with Gasteiger partial charge in [-0.3, -0.25) is 4.79 Å². The summed E-state index contributed by atoms with van der Waals surface area (Å²) in [7, 11) is 0. The van der Waals surface area contributed by atoms with Crippen molar-refractivity contribution in [2.45, 2.75) is 16.8 Å². The van der Waals surface area contributed by atoms with Gasteiger partial charge >= 0.3 is 0 Å². The van der Waals surface area contributed by atoms with Crippen LogP contribution in [0.2, 0.25) is 0 Å². The average molecular weight is 370 g/mol. The van der Waals surface area contributed by atoms with Crippen molar-refractivity contribution in [3.05, 3.63) is 60.4 Å². The Morgan fingerprint density at radius 3 is 2.60 bits per heavy atom. The number of hydrogen-bond acceptors (Lipinski definition) is 5. The van der Waals surface area contributed by atoms with Gasteiger partial charge in [-0.25, -0.2) is 9.97 Å². The smallest absolute Gasteiger partial charge is 0.230 e. The molecule has 0 saturated heterocycles. The molecule has 0 bridgehead atoms. The zero-order chi connectivity index (χ0) is 17.5. The number of thioether (sulfide) groups is 2. The molecule has 6 heteroatoms. The molecule has 1 N–H and O–H groups in total. The summed E-state index contributed by atoms with van der Waals surface area (Å²) in [4.78, 5) is 22.2. The lowest BCUT2D eigenvalue weighted by Gasteiger charge is -2.07. The van der Waals surface area contributed by atoms with Gasteiger partial charge in [-0.05, 0) is 25.1 Å². The maximum Gasteiger partial charge on any atom is 0.230 e. The molecule has 0 aliphatic rings. The van der Waals surface area contributed by atoms with E-state index in [4.69, 9.17) is 0 Å². The Hall–Kier alpha value is -2.05. The quantitative estimate of drug-likeness (QED) is 0.388. The van der Waals surface area contributed by atoms with Gasteiger partial charge in [0.1, 0.15) is 10.9 Å². The predicted octanol–water partition coefficient (Wildman–Crippen LogP) is 3.94. The van der Waals surface area contributed by atoms with E-state index in [2.05, 4.69) is 27.4 Å². The molecule has 0 unspecified atom stereocenters. The highest BCUT2D eigenvalue weighted by Crippen LogP contribution is 2.24. The minimum Gasteiger partial charge on any atom is -0.355 e. The molecule has 0 aliphatic heterocycles. The van der Waals surface area contributed by atoms with Crippen molar-refractivity contribution >= 4 is 40.3 Å². The van der Waals surface area contributed by atoms with Crippen LogP contribution in [-0.4, -0.2) is 33.9 Å². The lowest BCUT2D eigenvalue weighted by atomic mass is 10.2. The molecule has 2 aromatic carbocycles. The van der Waals surface area contributed by atoms with Crippen LogP contribution in [-0.2, 0) is 4.79 Å². The number of nitrogens with zero attached hydrogens (tertiary/aromatic N) is 2. The summed E-state index contributed by atoms with van der Waals surface area (Å²) in [6.07, 6.45) is 0. The Morgan fingerprint density at radius 2 is 1.76 bits per heavy atom. The summed E-state index contributed by atoms with van der Waals surface area (Å²) in [5.74, 6) is 1.96. The summed E-state index contributed by atoms with van der Waals surface area (Å²) < 4.78 is 0. The van der Waals surface area contributed by atoms with Gasteiger partial charge in [0.25, 0.3) is 0 Å². The molecule has 128 valence electrons. The first-order valence-electron chi connectivity index (χ1n) is 8.03. The highest BCUT2D eigenvalue weighted by Gasteiger charge is 2.09. The molecule has 3 aromatic rings. The Kier molecular flexibility index (Phi) is 6.30. The largest absolute Gasteiger partial charge is 0.355 e. The molecule has 1 heterocycles. The first kappa shape index (κ1) is 17.8. The topological polar surface area (TPSA) is 54.9 Å². The number of nitrogens with one attached hydrogen (secondary N) is 1. The maximum atomic E-state index is 12.1. The van der Waals surface area contributed by atoms with E-state index in [9.17, 15) is 4.79 Å². The monoisotopic (exact) mass is 369 g/mol. The summed E-state index contributed by atoms with van der Waals surface area (Å²) in [6, 6.07) is 18.1. The van der Waals surface area contributed by atoms with Crippen molar-refractivity contribution in [3.63, 3.8) is 0 Å². The van der Waals surface area contributed by atoms with E-state index < -0.39 is 0 Å².